The van der Waals surface area contributed by atoms with Crippen molar-refractivity contribution in [1.29, 1.82) is 0 Å². The third-order valence-electron chi connectivity index (χ3n) is 2.10. The molecule has 0 spiro atoms. The van der Waals surface area contributed by atoms with Crippen molar-refractivity contribution in [3.8, 4) is 5.75 Å². The van der Waals surface area contributed by atoms with Gasteiger partial charge in [-0.15, -0.1) is 0 Å². The summed E-state index contributed by atoms with van der Waals surface area (Å²) in [6, 6.07) is 4.14. The largest absolute Gasteiger partial charge is 0.492 e. The van der Waals surface area contributed by atoms with Crippen LogP contribution in [0.1, 0.15) is 19.4 Å². The van der Waals surface area contributed by atoms with Gasteiger partial charge in [0, 0.05) is 13.1 Å². The lowest BCUT2D eigenvalue weighted by Crippen LogP contribution is -2.15. The third kappa shape index (κ3) is 4.82. The van der Waals surface area contributed by atoms with E-state index in [2.05, 4.69) is 55.9 Å². The molecule has 0 aliphatic carbocycles. The molecule has 2 nitrogen and oxygen atoms in total. The van der Waals surface area contributed by atoms with Gasteiger partial charge in [-0.25, -0.2) is 0 Å². The maximum absolute atomic E-state index is 5.54. The Morgan fingerprint density at radius 3 is 2.41 bits per heavy atom. The average molecular weight is 363 g/mol. The molecular weight excluding hydrogens is 346 g/mol. The zero-order chi connectivity index (χ0) is 12.8. The van der Waals surface area contributed by atoms with E-state index in [1.807, 2.05) is 13.8 Å². The Morgan fingerprint density at radius 2 is 1.94 bits per heavy atom. The molecule has 1 aromatic rings. The van der Waals surface area contributed by atoms with Crippen molar-refractivity contribution >= 4 is 31.9 Å². The summed E-state index contributed by atoms with van der Waals surface area (Å²) in [5.41, 5.74) is 2.34. The topological polar surface area (TPSA) is 21.3 Å². The Kier molecular flexibility index (Phi) is 6.23. The first-order chi connectivity index (χ1) is 8.04. The highest BCUT2D eigenvalue weighted by molar-refractivity contribution is 9.11. The summed E-state index contributed by atoms with van der Waals surface area (Å²) < 4.78 is 7.48. The quantitative estimate of drug-likeness (QED) is 0.762. The number of halogens is 2. The zero-order valence-electron chi connectivity index (χ0n) is 10.1. The summed E-state index contributed by atoms with van der Waals surface area (Å²) in [4.78, 5) is 0. The monoisotopic (exact) mass is 361 g/mol. The fourth-order valence-electron chi connectivity index (χ4n) is 1.42. The molecular formula is C13H17Br2NO. The lowest BCUT2D eigenvalue weighted by atomic mass is 10.2. The van der Waals surface area contributed by atoms with Crippen molar-refractivity contribution in [2.75, 3.05) is 13.2 Å². The SMILES string of the molecule is C=C(C)CNCc1cc(Br)c(OCC)c(Br)c1. The van der Waals surface area contributed by atoms with E-state index in [1.165, 1.54) is 5.56 Å². The van der Waals surface area contributed by atoms with Gasteiger partial charge in [0.1, 0.15) is 5.75 Å². The third-order valence-corrected chi connectivity index (χ3v) is 3.28. The molecule has 0 saturated heterocycles. The van der Waals surface area contributed by atoms with Crippen LogP contribution in [0.4, 0.5) is 0 Å². The molecule has 0 atom stereocenters. The molecule has 0 aromatic heterocycles. The minimum absolute atomic E-state index is 0.657. The molecule has 0 unspecified atom stereocenters. The van der Waals surface area contributed by atoms with Crippen molar-refractivity contribution in [3.05, 3.63) is 38.8 Å². The van der Waals surface area contributed by atoms with Crippen LogP contribution in [0.25, 0.3) is 0 Å². The first-order valence-electron chi connectivity index (χ1n) is 5.50. The Labute approximate surface area is 120 Å². The zero-order valence-corrected chi connectivity index (χ0v) is 13.3. The molecule has 1 aromatic carbocycles. The van der Waals surface area contributed by atoms with Gasteiger partial charge in [0.2, 0.25) is 0 Å². The highest BCUT2D eigenvalue weighted by Crippen LogP contribution is 2.34. The van der Waals surface area contributed by atoms with Crippen molar-refractivity contribution in [2.45, 2.75) is 20.4 Å². The van der Waals surface area contributed by atoms with Gasteiger partial charge in [-0.1, -0.05) is 12.2 Å². The van der Waals surface area contributed by atoms with Gasteiger partial charge < -0.3 is 10.1 Å². The second-order valence-corrected chi connectivity index (χ2v) is 5.59. The molecule has 0 bridgehead atoms. The molecule has 0 radical (unpaired) electrons. The second kappa shape index (κ2) is 7.19. The van der Waals surface area contributed by atoms with Gasteiger partial charge in [-0.3, -0.25) is 0 Å². The molecule has 0 fully saturated rings. The van der Waals surface area contributed by atoms with Crippen LogP contribution in [0.5, 0.6) is 5.75 Å². The summed E-state index contributed by atoms with van der Waals surface area (Å²) in [5, 5.41) is 3.33. The van der Waals surface area contributed by atoms with Crippen LogP contribution in [0, 0.1) is 0 Å². The molecule has 0 heterocycles. The van der Waals surface area contributed by atoms with Crippen molar-refractivity contribution in [2.24, 2.45) is 0 Å². The van der Waals surface area contributed by atoms with E-state index in [0.29, 0.717) is 6.61 Å². The average Bonchev–Trinajstić information content (AvgIpc) is 2.23. The molecule has 0 saturated carbocycles. The molecule has 1 rings (SSSR count). The van der Waals surface area contributed by atoms with Crippen molar-refractivity contribution < 1.29 is 4.74 Å². The van der Waals surface area contributed by atoms with Gasteiger partial charge in [0.05, 0.1) is 15.6 Å². The molecule has 4 heteroatoms. The summed E-state index contributed by atoms with van der Waals surface area (Å²) in [6.45, 7) is 10.2. The lowest BCUT2D eigenvalue weighted by molar-refractivity contribution is 0.336. The van der Waals surface area contributed by atoms with Crippen LogP contribution in [0.3, 0.4) is 0 Å². The van der Waals surface area contributed by atoms with Crippen LogP contribution < -0.4 is 10.1 Å². The Balaban J connectivity index is 2.72. The molecule has 0 aliphatic rings. The van der Waals surface area contributed by atoms with E-state index in [-0.39, 0.29) is 0 Å². The molecule has 0 aliphatic heterocycles. The Morgan fingerprint density at radius 1 is 1.35 bits per heavy atom. The minimum Gasteiger partial charge on any atom is -0.492 e. The molecule has 17 heavy (non-hydrogen) atoms. The minimum atomic E-state index is 0.657. The van der Waals surface area contributed by atoms with E-state index in [1.54, 1.807) is 0 Å². The van der Waals surface area contributed by atoms with Gasteiger partial charge in [-0.2, -0.15) is 0 Å². The Bertz CT molecular complexity index is 381. The van der Waals surface area contributed by atoms with Crippen molar-refractivity contribution in [3.63, 3.8) is 0 Å². The van der Waals surface area contributed by atoms with E-state index >= 15 is 0 Å². The van der Waals surface area contributed by atoms with Gasteiger partial charge >= 0.3 is 0 Å². The van der Waals surface area contributed by atoms with Gasteiger partial charge in [-0.05, 0) is 63.4 Å². The first-order valence-corrected chi connectivity index (χ1v) is 7.09. The summed E-state index contributed by atoms with van der Waals surface area (Å²) in [6.07, 6.45) is 0. The van der Waals surface area contributed by atoms with E-state index < -0.39 is 0 Å². The summed E-state index contributed by atoms with van der Waals surface area (Å²) in [7, 11) is 0. The predicted octanol–water partition coefficient (Wildman–Crippen LogP) is 4.28. The summed E-state index contributed by atoms with van der Waals surface area (Å²) in [5.74, 6) is 0.858. The van der Waals surface area contributed by atoms with E-state index in [9.17, 15) is 0 Å². The highest BCUT2D eigenvalue weighted by Gasteiger charge is 2.08. The van der Waals surface area contributed by atoms with Gasteiger partial charge in [0.15, 0.2) is 0 Å². The highest BCUT2D eigenvalue weighted by atomic mass is 79.9. The number of hydrogen-bond acceptors (Lipinski definition) is 2. The standard InChI is InChI=1S/C13H17Br2NO/c1-4-17-13-11(14)5-10(6-12(13)15)8-16-7-9(2)3/h5-6,16H,2,4,7-8H2,1,3H3. The molecule has 94 valence electrons. The van der Waals surface area contributed by atoms with E-state index in [4.69, 9.17) is 4.74 Å². The molecule has 1 N–H and O–H groups in total. The van der Waals surface area contributed by atoms with E-state index in [0.717, 1.165) is 33.4 Å². The number of benzene rings is 1. The number of ether oxygens (including phenoxy) is 1. The predicted molar refractivity (Wildman–Crippen MR) is 79.5 cm³/mol. The van der Waals surface area contributed by atoms with Crippen LogP contribution >= 0.6 is 31.9 Å². The van der Waals surface area contributed by atoms with Crippen LogP contribution in [0.15, 0.2) is 33.2 Å². The normalized spacial score (nSPS) is 10.4. The van der Waals surface area contributed by atoms with Crippen molar-refractivity contribution in [1.82, 2.24) is 5.32 Å². The number of hydrogen-bond donors (Lipinski definition) is 1. The smallest absolute Gasteiger partial charge is 0.147 e. The Hall–Kier alpha value is -0.320. The number of nitrogens with one attached hydrogen (secondary N) is 1. The maximum Gasteiger partial charge on any atom is 0.147 e. The van der Waals surface area contributed by atoms with Crippen LogP contribution in [-0.2, 0) is 6.54 Å². The fourth-order valence-corrected chi connectivity index (χ4v) is 2.93. The fraction of sp³-hybridized carbons (Fsp3) is 0.385. The second-order valence-electron chi connectivity index (χ2n) is 3.88. The van der Waals surface area contributed by atoms with Gasteiger partial charge in [0.25, 0.3) is 0 Å². The maximum atomic E-state index is 5.54. The lowest BCUT2D eigenvalue weighted by Gasteiger charge is -2.11. The van der Waals surface area contributed by atoms with Crippen LogP contribution in [0.2, 0.25) is 0 Å². The molecule has 0 amide bonds. The van der Waals surface area contributed by atoms with Crippen LogP contribution in [-0.4, -0.2) is 13.2 Å². The first kappa shape index (κ1) is 14.7. The summed E-state index contributed by atoms with van der Waals surface area (Å²) >= 11 is 7.04. The number of rotatable bonds is 6.